The fraction of sp³-hybridized carbons (Fsp3) is 0.143. The van der Waals surface area contributed by atoms with E-state index in [9.17, 15) is 9.59 Å². The molecule has 1 saturated heterocycles. The van der Waals surface area contributed by atoms with Crippen LogP contribution in [0.25, 0.3) is 10.8 Å². The third-order valence-electron chi connectivity index (χ3n) is 4.63. The molecule has 1 unspecified atom stereocenters. The minimum Gasteiger partial charge on any atom is -0.489 e. The zero-order valence-electron chi connectivity index (χ0n) is 14.8. The number of halogens is 2. The second-order valence-electron chi connectivity index (χ2n) is 6.42. The van der Waals surface area contributed by atoms with Crippen LogP contribution in [-0.2, 0) is 11.4 Å². The van der Waals surface area contributed by atoms with Crippen LogP contribution in [0.2, 0.25) is 10.0 Å². The highest BCUT2D eigenvalue weighted by atomic mass is 35.5. The third kappa shape index (κ3) is 3.58. The van der Waals surface area contributed by atoms with Gasteiger partial charge < -0.3 is 4.74 Å². The Balaban J connectivity index is 1.56. The summed E-state index contributed by atoms with van der Waals surface area (Å²) >= 11 is 13.4. The maximum atomic E-state index is 12.2. The SMILES string of the molecule is CN1C(=O)SC(c2ccc3cc(OCc4c(Cl)cccc4Cl)ccc3c2)C1=O. The number of nitrogens with zero attached hydrogens (tertiary/aromatic N) is 1. The second kappa shape index (κ2) is 7.66. The number of benzene rings is 3. The molecule has 0 aliphatic carbocycles. The van der Waals surface area contributed by atoms with Crippen LogP contribution in [0, 0.1) is 0 Å². The zero-order chi connectivity index (χ0) is 19.8. The monoisotopic (exact) mass is 431 g/mol. The van der Waals surface area contributed by atoms with Gasteiger partial charge in [0.2, 0.25) is 5.91 Å². The van der Waals surface area contributed by atoms with Crippen molar-refractivity contribution in [3.63, 3.8) is 0 Å². The first-order valence-electron chi connectivity index (χ1n) is 8.51. The topological polar surface area (TPSA) is 46.6 Å². The Kier molecular flexibility index (Phi) is 5.23. The fourth-order valence-corrected chi connectivity index (χ4v) is 4.53. The molecule has 1 fully saturated rings. The average Bonchev–Trinajstić information content (AvgIpc) is 2.94. The van der Waals surface area contributed by atoms with Crippen molar-refractivity contribution in [2.75, 3.05) is 7.05 Å². The molecule has 0 bridgehead atoms. The number of likely N-dealkylation sites (N-methyl/N-ethyl adjacent to an activating group) is 1. The van der Waals surface area contributed by atoms with Crippen molar-refractivity contribution in [1.29, 1.82) is 0 Å². The van der Waals surface area contributed by atoms with Crippen LogP contribution < -0.4 is 4.74 Å². The summed E-state index contributed by atoms with van der Waals surface area (Å²) in [6.07, 6.45) is 0. The molecule has 3 aromatic rings. The maximum absolute atomic E-state index is 12.2. The largest absolute Gasteiger partial charge is 0.489 e. The van der Waals surface area contributed by atoms with Crippen LogP contribution in [-0.4, -0.2) is 23.1 Å². The summed E-state index contributed by atoms with van der Waals surface area (Å²) in [5.74, 6) is 0.503. The number of ether oxygens (including phenoxy) is 1. The van der Waals surface area contributed by atoms with Gasteiger partial charge in [0, 0.05) is 22.7 Å². The van der Waals surface area contributed by atoms with Gasteiger partial charge in [0.15, 0.2) is 0 Å². The molecule has 142 valence electrons. The van der Waals surface area contributed by atoms with Crippen molar-refractivity contribution in [2.24, 2.45) is 0 Å². The van der Waals surface area contributed by atoms with E-state index in [4.69, 9.17) is 27.9 Å². The molecule has 28 heavy (non-hydrogen) atoms. The Bertz CT molecular complexity index is 1080. The maximum Gasteiger partial charge on any atom is 0.289 e. The molecule has 2 amide bonds. The Morgan fingerprint density at radius 3 is 2.36 bits per heavy atom. The van der Waals surface area contributed by atoms with Gasteiger partial charge in [-0.05, 0) is 58.4 Å². The highest BCUT2D eigenvalue weighted by molar-refractivity contribution is 8.14. The first-order valence-corrected chi connectivity index (χ1v) is 10.1. The molecule has 0 aromatic heterocycles. The van der Waals surface area contributed by atoms with Crippen molar-refractivity contribution in [3.8, 4) is 5.75 Å². The van der Waals surface area contributed by atoms with E-state index in [1.807, 2.05) is 36.4 Å². The highest BCUT2D eigenvalue weighted by Gasteiger charge is 2.38. The standard InChI is InChI=1S/C21H15Cl2NO3S/c1-24-20(25)19(28-21(24)26)14-6-5-13-10-15(8-7-12(13)9-14)27-11-16-17(22)3-2-4-18(16)23/h2-10,19H,11H2,1H3. The number of hydrogen-bond acceptors (Lipinski definition) is 4. The van der Waals surface area contributed by atoms with Gasteiger partial charge in [0.05, 0.1) is 0 Å². The summed E-state index contributed by atoms with van der Waals surface area (Å²) in [4.78, 5) is 25.1. The van der Waals surface area contributed by atoms with E-state index in [1.165, 1.54) is 7.05 Å². The predicted molar refractivity (Wildman–Crippen MR) is 113 cm³/mol. The van der Waals surface area contributed by atoms with Gasteiger partial charge in [-0.3, -0.25) is 14.5 Å². The van der Waals surface area contributed by atoms with Gasteiger partial charge in [0.1, 0.15) is 17.6 Å². The normalized spacial score (nSPS) is 16.8. The number of imide groups is 1. The number of carbonyl (C=O) groups is 2. The lowest BCUT2D eigenvalue weighted by atomic mass is 10.0. The third-order valence-corrected chi connectivity index (χ3v) is 6.52. The summed E-state index contributed by atoms with van der Waals surface area (Å²) in [6.45, 7) is 0.268. The molecule has 4 nitrogen and oxygen atoms in total. The van der Waals surface area contributed by atoms with Crippen molar-refractivity contribution in [3.05, 3.63) is 75.8 Å². The number of carbonyl (C=O) groups excluding carboxylic acids is 2. The minimum absolute atomic E-state index is 0.189. The van der Waals surface area contributed by atoms with E-state index >= 15 is 0 Å². The Hall–Kier alpha value is -2.21. The van der Waals surface area contributed by atoms with Crippen molar-refractivity contribution in [1.82, 2.24) is 4.90 Å². The predicted octanol–water partition coefficient (Wildman–Crippen LogP) is 6.09. The molecule has 3 aromatic carbocycles. The highest BCUT2D eigenvalue weighted by Crippen LogP contribution is 2.39. The van der Waals surface area contributed by atoms with Crippen LogP contribution in [0.4, 0.5) is 4.79 Å². The summed E-state index contributed by atoms with van der Waals surface area (Å²) < 4.78 is 5.86. The van der Waals surface area contributed by atoms with Gasteiger partial charge in [-0.1, -0.05) is 47.5 Å². The number of thioether (sulfide) groups is 1. The molecule has 4 rings (SSSR count). The van der Waals surface area contributed by atoms with Crippen LogP contribution in [0.3, 0.4) is 0 Å². The summed E-state index contributed by atoms with van der Waals surface area (Å²) in [7, 11) is 1.51. The van der Waals surface area contributed by atoms with Gasteiger partial charge in [-0.2, -0.15) is 0 Å². The molecular formula is C21H15Cl2NO3S. The minimum atomic E-state index is -0.486. The van der Waals surface area contributed by atoms with E-state index in [-0.39, 0.29) is 17.8 Å². The summed E-state index contributed by atoms with van der Waals surface area (Å²) in [5.41, 5.74) is 1.56. The molecular weight excluding hydrogens is 417 g/mol. The molecule has 0 saturated carbocycles. The van der Waals surface area contributed by atoms with E-state index in [0.29, 0.717) is 15.8 Å². The van der Waals surface area contributed by atoms with Crippen LogP contribution in [0.15, 0.2) is 54.6 Å². The number of rotatable bonds is 4. The van der Waals surface area contributed by atoms with Gasteiger partial charge >= 0.3 is 0 Å². The molecule has 1 heterocycles. The first kappa shape index (κ1) is 19.1. The molecule has 0 spiro atoms. The molecule has 1 aliphatic heterocycles. The van der Waals surface area contributed by atoms with E-state index < -0.39 is 5.25 Å². The lowest BCUT2D eigenvalue weighted by Gasteiger charge is -2.12. The van der Waals surface area contributed by atoms with Crippen LogP contribution in [0.5, 0.6) is 5.75 Å². The van der Waals surface area contributed by atoms with Crippen LogP contribution in [0.1, 0.15) is 16.4 Å². The van der Waals surface area contributed by atoms with Crippen molar-refractivity contribution < 1.29 is 14.3 Å². The number of amides is 2. The Morgan fingerprint density at radius 2 is 1.68 bits per heavy atom. The van der Waals surface area contributed by atoms with Crippen molar-refractivity contribution >= 4 is 56.9 Å². The fourth-order valence-electron chi connectivity index (χ4n) is 3.03. The summed E-state index contributed by atoms with van der Waals surface area (Å²) in [6, 6.07) is 16.8. The lowest BCUT2D eigenvalue weighted by molar-refractivity contribution is -0.125. The Labute approximate surface area is 176 Å². The molecule has 1 atom stereocenters. The first-order chi connectivity index (χ1) is 13.4. The second-order valence-corrected chi connectivity index (χ2v) is 8.29. The number of hydrogen-bond donors (Lipinski definition) is 0. The van der Waals surface area contributed by atoms with E-state index in [1.54, 1.807) is 18.2 Å². The average molecular weight is 432 g/mol. The number of fused-ring (bicyclic) bond motifs is 1. The molecule has 1 aliphatic rings. The van der Waals surface area contributed by atoms with E-state index in [2.05, 4.69) is 0 Å². The molecule has 0 N–H and O–H groups in total. The van der Waals surface area contributed by atoms with E-state index in [0.717, 1.165) is 38.6 Å². The molecule has 0 radical (unpaired) electrons. The van der Waals surface area contributed by atoms with Crippen molar-refractivity contribution in [2.45, 2.75) is 11.9 Å². The van der Waals surface area contributed by atoms with Gasteiger partial charge in [-0.25, -0.2) is 0 Å². The van der Waals surface area contributed by atoms with Crippen LogP contribution >= 0.6 is 35.0 Å². The Morgan fingerprint density at radius 1 is 1.00 bits per heavy atom. The summed E-state index contributed by atoms with van der Waals surface area (Å²) in [5, 5.41) is 2.36. The van der Waals surface area contributed by atoms with Gasteiger partial charge in [-0.15, -0.1) is 0 Å². The van der Waals surface area contributed by atoms with Gasteiger partial charge in [0.25, 0.3) is 5.24 Å². The quantitative estimate of drug-likeness (QED) is 0.501. The lowest BCUT2D eigenvalue weighted by Crippen LogP contribution is -2.24. The molecule has 7 heteroatoms. The zero-order valence-corrected chi connectivity index (χ0v) is 17.1. The smallest absolute Gasteiger partial charge is 0.289 e.